The third-order valence-electron chi connectivity index (χ3n) is 5.83. The van der Waals surface area contributed by atoms with Gasteiger partial charge in [-0.2, -0.15) is 4.31 Å². The van der Waals surface area contributed by atoms with Crippen LogP contribution < -0.4 is 0 Å². The molecule has 2 aromatic carbocycles. The van der Waals surface area contributed by atoms with Gasteiger partial charge in [0, 0.05) is 26.9 Å². The van der Waals surface area contributed by atoms with Crippen molar-refractivity contribution in [1.29, 1.82) is 0 Å². The van der Waals surface area contributed by atoms with Crippen LogP contribution in [0.15, 0.2) is 59.5 Å². The minimum Gasteiger partial charge on any atom is -0.463 e. The lowest BCUT2D eigenvalue weighted by atomic mass is 9.99. The summed E-state index contributed by atoms with van der Waals surface area (Å²) in [6.45, 7) is 5.03. The summed E-state index contributed by atoms with van der Waals surface area (Å²) >= 11 is 0. The molecule has 8 nitrogen and oxygen atoms in total. The first-order valence-electron chi connectivity index (χ1n) is 11.0. The van der Waals surface area contributed by atoms with Gasteiger partial charge in [0.1, 0.15) is 24.9 Å². The molecule has 180 valence electrons. The van der Waals surface area contributed by atoms with E-state index >= 15 is 0 Å². The van der Waals surface area contributed by atoms with Gasteiger partial charge in [0.2, 0.25) is 10.0 Å². The smallest absolute Gasteiger partial charge is 0.303 e. The van der Waals surface area contributed by atoms with Crippen molar-refractivity contribution in [2.75, 3.05) is 6.61 Å². The summed E-state index contributed by atoms with van der Waals surface area (Å²) in [6, 6.07) is 12.6. The third kappa shape index (κ3) is 5.22. The molecule has 2 aliphatic rings. The fraction of sp³-hybridized carbons (Fsp3) is 0.360. The van der Waals surface area contributed by atoms with Crippen molar-refractivity contribution in [1.82, 2.24) is 4.31 Å². The summed E-state index contributed by atoms with van der Waals surface area (Å²) in [7, 11) is -3.61. The molecule has 0 amide bonds. The highest BCUT2D eigenvalue weighted by molar-refractivity contribution is 7.89. The summed E-state index contributed by atoms with van der Waals surface area (Å²) < 4.78 is 44.1. The van der Waals surface area contributed by atoms with Crippen molar-refractivity contribution >= 4 is 22.0 Å². The number of aryl methyl sites for hydroxylation is 1. The van der Waals surface area contributed by atoms with Crippen molar-refractivity contribution in [2.24, 2.45) is 0 Å². The minimum atomic E-state index is -3.61. The van der Waals surface area contributed by atoms with Crippen LogP contribution in [0.2, 0.25) is 0 Å². The quantitative estimate of drug-likeness (QED) is 0.458. The molecule has 0 radical (unpaired) electrons. The van der Waals surface area contributed by atoms with Crippen molar-refractivity contribution in [3.63, 3.8) is 0 Å². The molecular formula is C25H27NO7S. The molecule has 34 heavy (non-hydrogen) atoms. The monoisotopic (exact) mass is 485 g/mol. The Morgan fingerprint density at radius 2 is 1.71 bits per heavy atom. The third-order valence-corrected chi connectivity index (χ3v) is 7.63. The summed E-state index contributed by atoms with van der Waals surface area (Å²) in [4.78, 5) is 23.0. The SMILES string of the molecule is CC(=O)OC[C@H]1O[C@H](c2ccc3c(c2)CN(S(=O)(=O)c2ccc(C)cc2)C3)C=C[C@@H]1OC(C)=O. The number of rotatable bonds is 6. The maximum absolute atomic E-state index is 13.1. The van der Waals surface area contributed by atoms with E-state index in [2.05, 4.69) is 0 Å². The van der Waals surface area contributed by atoms with Crippen LogP contribution >= 0.6 is 0 Å². The minimum absolute atomic E-state index is 0.0539. The van der Waals surface area contributed by atoms with Crippen molar-refractivity contribution < 1.29 is 32.2 Å². The number of sulfonamides is 1. The van der Waals surface area contributed by atoms with Gasteiger partial charge in [0.25, 0.3) is 0 Å². The molecule has 2 aromatic rings. The number of fused-ring (bicyclic) bond motifs is 1. The van der Waals surface area contributed by atoms with Crippen LogP contribution in [0.25, 0.3) is 0 Å². The topological polar surface area (TPSA) is 99.2 Å². The summed E-state index contributed by atoms with van der Waals surface area (Å²) in [6.07, 6.45) is 1.73. The molecule has 0 N–H and O–H groups in total. The molecule has 0 fully saturated rings. The van der Waals surface area contributed by atoms with E-state index < -0.39 is 40.3 Å². The average molecular weight is 486 g/mol. The number of esters is 2. The zero-order chi connectivity index (χ0) is 24.5. The number of carbonyl (C=O) groups is 2. The predicted molar refractivity (Wildman–Crippen MR) is 123 cm³/mol. The fourth-order valence-electron chi connectivity index (χ4n) is 4.06. The maximum Gasteiger partial charge on any atom is 0.303 e. The Morgan fingerprint density at radius 3 is 2.38 bits per heavy atom. The van der Waals surface area contributed by atoms with E-state index in [1.54, 1.807) is 36.4 Å². The maximum atomic E-state index is 13.1. The van der Waals surface area contributed by atoms with Gasteiger partial charge >= 0.3 is 11.9 Å². The largest absolute Gasteiger partial charge is 0.463 e. The second-order valence-corrected chi connectivity index (χ2v) is 10.4. The highest BCUT2D eigenvalue weighted by Gasteiger charge is 2.34. The Labute approximate surface area is 199 Å². The van der Waals surface area contributed by atoms with Gasteiger partial charge < -0.3 is 14.2 Å². The highest BCUT2D eigenvalue weighted by atomic mass is 32.2. The molecule has 3 atom stereocenters. The van der Waals surface area contributed by atoms with E-state index in [0.717, 1.165) is 22.3 Å². The van der Waals surface area contributed by atoms with Crippen molar-refractivity contribution in [3.8, 4) is 0 Å². The van der Waals surface area contributed by atoms with Gasteiger partial charge in [-0.3, -0.25) is 9.59 Å². The van der Waals surface area contributed by atoms with Gasteiger partial charge in [0.05, 0.1) is 4.90 Å². The second kappa shape index (κ2) is 9.69. The van der Waals surface area contributed by atoms with E-state index in [1.807, 2.05) is 25.1 Å². The molecule has 0 unspecified atom stereocenters. The zero-order valence-electron chi connectivity index (χ0n) is 19.3. The van der Waals surface area contributed by atoms with Crippen molar-refractivity contribution in [3.05, 3.63) is 76.9 Å². The molecule has 0 saturated heterocycles. The fourth-order valence-corrected chi connectivity index (χ4v) is 5.46. The molecule has 0 aromatic heterocycles. The van der Waals surface area contributed by atoms with E-state index in [9.17, 15) is 18.0 Å². The van der Waals surface area contributed by atoms with Crippen LogP contribution in [0, 0.1) is 6.92 Å². The summed E-state index contributed by atoms with van der Waals surface area (Å²) in [5.74, 6) is -0.916. The molecule has 0 bridgehead atoms. The zero-order valence-corrected chi connectivity index (χ0v) is 20.1. The van der Waals surface area contributed by atoms with Gasteiger partial charge in [-0.15, -0.1) is 0 Å². The molecule has 9 heteroatoms. The molecule has 4 rings (SSSR count). The molecule has 0 aliphatic carbocycles. The molecular weight excluding hydrogens is 458 g/mol. The van der Waals surface area contributed by atoms with Gasteiger partial charge in [-0.05, 0) is 41.8 Å². The van der Waals surface area contributed by atoms with Crippen molar-refractivity contribution in [2.45, 2.75) is 57.1 Å². The molecule has 0 spiro atoms. The number of hydrogen-bond donors (Lipinski definition) is 0. The summed E-state index contributed by atoms with van der Waals surface area (Å²) in [5.41, 5.74) is 3.67. The Kier molecular flexibility index (Phi) is 6.88. The summed E-state index contributed by atoms with van der Waals surface area (Å²) in [5, 5.41) is 0. The lowest BCUT2D eigenvalue weighted by Gasteiger charge is -2.31. The lowest BCUT2D eigenvalue weighted by molar-refractivity contribution is -0.163. The second-order valence-electron chi connectivity index (χ2n) is 8.47. The van der Waals surface area contributed by atoms with E-state index in [0.29, 0.717) is 6.54 Å². The van der Waals surface area contributed by atoms with Crippen LogP contribution in [-0.4, -0.2) is 43.5 Å². The van der Waals surface area contributed by atoms with Gasteiger partial charge in [-0.25, -0.2) is 8.42 Å². The molecule has 2 aliphatic heterocycles. The number of nitrogens with zero attached hydrogens (tertiary/aromatic N) is 1. The Morgan fingerprint density at radius 1 is 1.00 bits per heavy atom. The number of hydrogen-bond acceptors (Lipinski definition) is 7. The van der Waals surface area contributed by atoms with Gasteiger partial charge in [-0.1, -0.05) is 42.0 Å². The van der Waals surface area contributed by atoms with Crippen LogP contribution in [0.4, 0.5) is 0 Å². The Hall–Kier alpha value is -3.01. The van der Waals surface area contributed by atoms with E-state index in [1.165, 1.54) is 18.2 Å². The van der Waals surface area contributed by atoms with Crippen LogP contribution in [0.1, 0.15) is 42.2 Å². The first-order chi connectivity index (χ1) is 16.1. The standard InChI is InChI=1S/C25H27NO7S/c1-16-4-8-22(9-5-16)34(29,30)26-13-20-7-6-19(12-21(20)14-26)23-10-11-24(32-18(3)28)25(33-23)15-31-17(2)27/h4-12,23-25H,13-15H2,1-3H3/t23-,24-,25+/m0/s1. The van der Waals surface area contributed by atoms with Crippen LogP contribution in [0.5, 0.6) is 0 Å². The first-order valence-corrected chi connectivity index (χ1v) is 12.4. The predicted octanol–water partition coefficient (Wildman–Crippen LogP) is 3.19. The Balaban J connectivity index is 1.52. The number of ether oxygens (including phenoxy) is 3. The molecule has 0 saturated carbocycles. The lowest BCUT2D eigenvalue weighted by Crippen LogP contribution is -2.39. The van der Waals surface area contributed by atoms with E-state index in [-0.39, 0.29) is 18.0 Å². The molecule has 2 heterocycles. The average Bonchev–Trinajstić information content (AvgIpc) is 3.22. The number of benzene rings is 2. The number of carbonyl (C=O) groups excluding carboxylic acids is 2. The van der Waals surface area contributed by atoms with Crippen LogP contribution in [-0.2, 0) is 46.9 Å². The first kappa shape index (κ1) is 24.1. The Bertz CT molecular complexity index is 1220. The van der Waals surface area contributed by atoms with Crippen LogP contribution in [0.3, 0.4) is 0 Å². The van der Waals surface area contributed by atoms with E-state index in [4.69, 9.17) is 14.2 Å². The normalized spacial score (nSPS) is 22.3. The highest BCUT2D eigenvalue weighted by Crippen LogP contribution is 2.34. The van der Waals surface area contributed by atoms with Gasteiger partial charge in [0.15, 0.2) is 0 Å².